The van der Waals surface area contributed by atoms with E-state index >= 15 is 0 Å². The van der Waals surface area contributed by atoms with Gasteiger partial charge in [-0.3, -0.25) is 0 Å². The highest BCUT2D eigenvalue weighted by Crippen LogP contribution is 2.46. The van der Waals surface area contributed by atoms with E-state index in [9.17, 15) is 0 Å². The van der Waals surface area contributed by atoms with E-state index in [1.54, 1.807) is 0 Å². The zero-order chi connectivity index (χ0) is 40.3. The van der Waals surface area contributed by atoms with E-state index < -0.39 is 0 Å². The number of hydrogen-bond donors (Lipinski definition) is 0. The highest BCUT2D eigenvalue weighted by molar-refractivity contribution is 7.26. The van der Waals surface area contributed by atoms with Crippen LogP contribution in [0.2, 0.25) is 0 Å². The highest BCUT2D eigenvalue weighted by Gasteiger charge is 2.20. The molecule has 284 valence electrons. The third kappa shape index (κ3) is 6.24. The van der Waals surface area contributed by atoms with Gasteiger partial charge in [0.2, 0.25) is 0 Å². The molecule has 0 radical (unpaired) electrons. The van der Waals surface area contributed by atoms with Crippen LogP contribution in [0.25, 0.3) is 120 Å². The zero-order valence-electron chi connectivity index (χ0n) is 33.0. The third-order valence-electron chi connectivity index (χ3n) is 11.9. The second-order valence-corrected chi connectivity index (χ2v) is 16.6. The Hall–Kier alpha value is -7.79. The maximum absolute atomic E-state index is 5.30. The smallest absolute Gasteiger partial charge is 0.164 e. The number of rotatable bonds is 6. The highest BCUT2D eigenvalue weighted by atomic mass is 32.1. The molecule has 2 aromatic heterocycles. The van der Waals surface area contributed by atoms with Gasteiger partial charge in [0.05, 0.1) is 0 Å². The number of benzene rings is 10. The number of nitrogens with zero attached hydrogens (tertiary/aromatic N) is 3. The molecule has 2 heterocycles. The van der Waals surface area contributed by atoms with E-state index in [2.05, 4.69) is 206 Å². The molecule has 0 amide bonds. The molecule has 3 nitrogen and oxygen atoms in total. The lowest BCUT2D eigenvalue weighted by Gasteiger charge is -2.12. The van der Waals surface area contributed by atoms with Gasteiger partial charge >= 0.3 is 0 Å². The van der Waals surface area contributed by atoms with Gasteiger partial charge in [0, 0.05) is 36.9 Å². The second-order valence-electron chi connectivity index (χ2n) is 15.6. The predicted molar refractivity (Wildman–Crippen MR) is 258 cm³/mol. The first-order chi connectivity index (χ1) is 30.2. The minimum Gasteiger partial charge on any atom is -0.208 e. The average Bonchev–Trinajstić information content (AvgIpc) is 3.73. The lowest BCUT2D eigenvalue weighted by Crippen LogP contribution is -2.01. The van der Waals surface area contributed by atoms with E-state index in [1.165, 1.54) is 64.0 Å². The molecular weight excluding hydrogens is 759 g/mol. The fourth-order valence-corrected chi connectivity index (χ4v) is 10.1. The van der Waals surface area contributed by atoms with E-state index in [0.29, 0.717) is 17.5 Å². The van der Waals surface area contributed by atoms with Crippen LogP contribution in [0.3, 0.4) is 0 Å². The molecule has 0 N–H and O–H groups in total. The Morgan fingerprint density at radius 1 is 0.279 bits per heavy atom. The number of fused-ring (bicyclic) bond motifs is 7. The van der Waals surface area contributed by atoms with Crippen molar-refractivity contribution in [1.82, 2.24) is 15.0 Å². The lowest BCUT2D eigenvalue weighted by molar-refractivity contribution is 1.08. The van der Waals surface area contributed by atoms with Crippen molar-refractivity contribution >= 4 is 63.8 Å². The van der Waals surface area contributed by atoms with Crippen molar-refractivity contribution in [2.24, 2.45) is 0 Å². The molecule has 0 unspecified atom stereocenters. The summed E-state index contributed by atoms with van der Waals surface area (Å²) in [5.74, 6) is 1.94. The van der Waals surface area contributed by atoms with Crippen LogP contribution in [0.15, 0.2) is 212 Å². The van der Waals surface area contributed by atoms with Crippen molar-refractivity contribution in [3.05, 3.63) is 212 Å². The molecule has 0 aliphatic heterocycles. The Bertz CT molecular complexity index is 3650. The summed E-state index contributed by atoms with van der Waals surface area (Å²) in [4.78, 5) is 15.8. The molecule has 0 atom stereocenters. The van der Waals surface area contributed by atoms with Gasteiger partial charge in [-0.25, -0.2) is 15.0 Å². The molecule has 0 saturated heterocycles. The number of aromatic nitrogens is 3. The van der Waals surface area contributed by atoms with Crippen molar-refractivity contribution in [1.29, 1.82) is 0 Å². The van der Waals surface area contributed by atoms with E-state index in [-0.39, 0.29) is 0 Å². The molecule has 4 heteroatoms. The summed E-state index contributed by atoms with van der Waals surface area (Å²) >= 11 is 1.84. The number of thiophene rings is 1. The second kappa shape index (κ2) is 14.5. The maximum Gasteiger partial charge on any atom is 0.164 e. The summed E-state index contributed by atoms with van der Waals surface area (Å²) in [5, 5.41) is 9.64. The minimum absolute atomic E-state index is 0.640. The van der Waals surface area contributed by atoms with E-state index in [0.717, 1.165) is 38.6 Å². The molecule has 0 saturated carbocycles. The summed E-state index contributed by atoms with van der Waals surface area (Å²) in [6.07, 6.45) is 0. The van der Waals surface area contributed by atoms with Crippen LogP contribution >= 0.6 is 11.3 Å². The van der Waals surface area contributed by atoms with Crippen LogP contribution in [0.5, 0.6) is 0 Å². The van der Waals surface area contributed by atoms with Gasteiger partial charge in [-0.15, -0.1) is 11.3 Å². The van der Waals surface area contributed by atoms with Crippen LogP contribution in [-0.2, 0) is 0 Å². The fourth-order valence-electron chi connectivity index (χ4n) is 8.84. The monoisotopic (exact) mass is 793 g/mol. The van der Waals surface area contributed by atoms with Crippen molar-refractivity contribution in [3.63, 3.8) is 0 Å². The average molecular weight is 794 g/mol. The summed E-state index contributed by atoms with van der Waals surface area (Å²) < 4.78 is 2.47. The van der Waals surface area contributed by atoms with Crippen molar-refractivity contribution in [3.8, 4) is 67.5 Å². The first-order valence-corrected chi connectivity index (χ1v) is 21.4. The Morgan fingerprint density at radius 2 is 0.770 bits per heavy atom. The Kier molecular flexibility index (Phi) is 8.36. The first kappa shape index (κ1) is 35.2. The van der Waals surface area contributed by atoms with Crippen LogP contribution in [0, 0.1) is 0 Å². The summed E-state index contributed by atoms with van der Waals surface area (Å²) in [6, 6.07) is 75.8. The van der Waals surface area contributed by atoms with Crippen molar-refractivity contribution < 1.29 is 0 Å². The van der Waals surface area contributed by atoms with Crippen LogP contribution in [0.4, 0.5) is 0 Å². The van der Waals surface area contributed by atoms with E-state index in [4.69, 9.17) is 15.0 Å². The van der Waals surface area contributed by atoms with Gasteiger partial charge in [-0.1, -0.05) is 188 Å². The van der Waals surface area contributed by atoms with Crippen LogP contribution in [0.1, 0.15) is 0 Å². The van der Waals surface area contributed by atoms with Gasteiger partial charge < -0.3 is 0 Å². The maximum atomic E-state index is 5.30. The molecule has 0 aliphatic carbocycles. The molecular formula is C57H35N3S. The molecule has 12 aromatic rings. The molecule has 0 aliphatic rings. The SMILES string of the molecule is c1ccc(-c2cccc(-c3nc(-c4ccc5ccccc5c4)nc(-c4cc5sc6c(-c7ccc(-c8ccc9ccccc9c8)cc7)cccc6c5c5ccccc45)n3)c2)cc1. The third-order valence-corrected chi connectivity index (χ3v) is 13.1. The molecule has 0 bridgehead atoms. The topological polar surface area (TPSA) is 38.7 Å². The minimum atomic E-state index is 0.640. The Balaban J connectivity index is 1.02. The molecule has 61 heavy (non-hydrogen) atoms. The van der Waals surface area contributed by atoms with Gasteiger partial charge in [0.15, 0.2) is 17.5 Å². The van der Waals surface area contributed by atoms with Crippen LogP contribution < -0.4 is 0 Å². The van der Waals surface area contributed by atoms with Gasteiger partial charge in [-0.05, 0) is 90.0 Å². The Morgan fingerprint density at radius 3 is 1.52 bits per heavy atom. The normalized spacial score (nSPS) is 11.6. The van der Waals surface area contributed by atoms with Crippen molar-refractivity contribution in [2.75, 3.05) is 0 Å². The zero-order valence-corrected chi connectivity index (χ0v) is 33.8. The lowest BCUT2D eigenvalue weighted by atomic mass is 9.96. The van der Waals surface area contributed by atoms with Gasteiger partial charge in [0.25, 0.3) is 0 Å². The van der Waals surface area contributed by atoms with Crippen LogP contribution in [-0.4, -0.2) is 15.0 Å². The summed E-state index contributed by atoms with van der Waals surface area (Å²) in [7, 11) is 0. The standard InChI is InChI=1S/C57H35N3S/c1-2-12-36(13-3-1)43-18-10-19-45(33-43)55-58-56(46-31-27-38-15-5-7-17-42(38)34-46)60-57(59-55)51-35-52-53(49-21-9-8-20-48(49)51)50-23-11-22-47(54(50)61-52)40-28-24-39(25-29-40)44-30-26-37-14-4-6-16-41(37)32-44/h1-35H. The molecule has 0 spiro atoms. The van der Waals surface area contributed by atoms with Gasteiger partial charge in [-0.2, -0.15) is 0 Å². The predicted octanol–water partition coefficient (Wildman–Crippen LogP) is 15.7. The molecule has 12 rings (SSSR count). The Labute approximate surface area is 356 Å². The summed E-state index contributed by atoms with van der Waals surface area (Å²) in [6.45, 7) is 0. The first-order valence-electron chi connectivity index (χ1n) is 20.6. The van der Waals surface area contributed by atoms with Crippen molar-refractivity contribution in [2.45, 2.75) is 0 Å². The fraction of sp³-hybridized carbons (Fsp3) is 0. The molecule has 0 fully saturated rings. The quantitative estimate of drug-likeness (QED) is 0.168. The summed E-state index contributed by atoms with van der Waals surface area (Å²) in [5.41, 5.74) is 10.00. The largest absolute Gasteiger partial charge is 0.208 e. The number of hydrogen-bond acceptors (Lipinski definition) is 4. The van der Waals surface area contributed by atoms with E-state index in [1.807, 2.05) is 17.4 Å². The molecule has 10 aromatic carbocycles. The van der Waals surface area contributed by atoms with Gasteiger partial charge in [0.1, 0.15) is 0 Å².